The van der Waals surface area contributed by atoms with Gasteiger partial charge in [0.15, 0.2) is 0 Å². The summed E-state index contributed by atoms with van der Waals surface area (Å²) in [7, 11) is 1.49. The number of fused-ring (bicyclic) bond motifs is 1. The largest absolute Gasteiger partial charge is 0.494 e. The average molecular weight is 786 g/mol. The van der Waals surface area contributed by atoms with E-state index >= 15 is 0 Å². The molecule has 0 saturated carbocycles. The number of hydrogen-bond donors (Lipinski definition) is 2. The lowest BCUT2D eigenvalue weighted by molar-refractivity contribution is -0.141. The van der Waals surface area contributed by atoms with Crippen molar-refractivity contribution < 1.29 is 28.6 Å². The van der Waals surface area contributed by atoms with Crippen molar-refractivity contribution in [1.29, 1.82) is 0 Å². The van der Waals surface area contributed by atoms with E-state index < -0.39 is 11.9 Å². The number of aromatic nitrogens is 2. The van der Waals surface area contributed by atoms with Gasteiger partial charge in [0.25, 0.3) is 5.56 Å². The highest BCUT2D eigenvalue weighted by molar-refractivity contribution is 9.12. The highest BCUT2D eigenvalue weighted by atomic mass is 79.9. The van der Waals surface area contributed by atoms with Crippen LogP contribution in [0.3, 0.4) is 0 Å². The number of esters is 2. The Kier molecular flexibility index (Phi) is 12.8. The summed E-state index contributed by atoms with van der Waals surface area (Å²) in [5.41, 5.74) is 3.09. The second-order valence-electron chi connectivity index (χ2n) is 10.5. The van der Waals surface area contributed by atoms with Crippen LogP contribution >= 0.6 is 31.9 Å². The molecule has 252 valence electrons. The minimum Gasteiger partial charge on any atom is -0.494 e. The van der Waals surface area contributed by atoms with Crippen LogP contribution in [0.15, 0.2) is 75.7 Å². The number of alkyl halides is 2. The Hall–Kier alpha value is -4.63. The molecule has 0 saturated heterocycles. The third kappa shape index (κ3) is 9.70. The second-order valence-corrected chi connectivity index (χ2v) is 12.4. The van der Waals surface area contributed by atoms with Crippen LogP contribution in [0.5, 0.6) is 5.75 Å². The lowest BCUT2D eigenvalue weighted by Crippen LogP contribution is -2.32. The van der Waals surface area contributed by atoms with Gasteiger partial charge in [-0.15, -0.1) is 5.11 Å². The fraction of sp³-hybridized carbons (Fsp3) is 0.303. The van der Waals surface area contributed by atoms with Gasteiger partial charge in [0.05, 0.1) is 57.8 Å². The molecular weight excluding hydrogens is 752 g/mol. The number of ether oxygens (including phenoxy) is 3. The van der Waals surface area contributed by atoms with Crippen LogP contribution in [0, 0.1) is 0 Å². The Morgan fingerprint density at radius 2 is 1.56 bits per heavy atom. The highest BCUT2D eigenvalue weighted by Gasteiger charge is 2.23. The number of carbonyl (C=O) groups excluding carboxylic acids is 3. The minimum atomic E-state index is -0.429. The average Bonchev–Trinajstić information content (AvgIpc) is 3.06. The molecule has 2 atom stereocenters. The van der Waals surface area contributed by atoms with Crippen LogP contribution in [0.4, 0.5) is 22.7 Å². The monoisotopic (exact) mass is 784 g/mol. The normalized spacial score (nSPS) is 12.4. The number of hydrogen-bond acceptors (Lipinski definition) is 11. The number of carbonyl (C=O) groups is 3. The van der Waals surface area contributed by atoms with Crippen molar-refractivity contribution in [2.24, 2.45) is 10.2 Å². The smallest absolute Gasteiger partial charge is 0.302 e. The molecule has 0 aliphatic rings. The Bertz CT molecular complexity index is 1850. The van der Waals surface area contributed by atoms with E-state index in [9.17, 15) is 19.2 Å². The molecule has 0 spiro atoms. The number of benzene rings is 3. The maximum absolute atomic E-state index is 12.6. The predicted octanol–water partition coefficient (Wildman–Crippen LogP) is 6.81. The van der Waals surface area contributed by atoms with E-state index in [-0.39, 0.29) is 47.4 Å². The summed E-state index contributed by atoms with van der Waals surface area (Å²) >= 11 is 7.39. The van der Waals surface area contributed by atoms with Gasteiger partial charge in [-0.2, -0.15) is 5.11 Å². The van der Waals surface area contributed by atoms with Crippen LogP contribution in [0.2, 0.25) is 0 Å². The first kappa shape index (κ1) is 36.2. The fourth-order valence-electron chi connectivity index (χ4n) is 4.67. The molecule has 15 heteroatoms. The summed E-state index contributed by atoms with van der Waals surface area (Å²) in [6.07, 6.45) is 0. The van der Waals surface area contributed by atoms with E-state index in [4.69, 9.17) is 14.2 Å². The second kappa shape index (κ2) is 17.0. The van der Waals surface area contributed by atoms with Gasteiger partial charge < -0.3 is 29.4 Å². The molecule has 0 aliphatic heterocycles. The highest BCUT2D eigenvalue weighted by Crippen LogP contribution is 2.42. The molecule has 1 amide bonds. The summed E-state index contributed by atoms with van der Waals surface area (Å²) in [5.74, 6) is -0.287. The summed E-state index contributed by atoms with van der Waals surface area (Å²) in [6.45, 7) is 4.69. The molecule has 0 radical (unpaired) electrons. The van der Waals surface area contributed by atoms with Gasteiger partial charge in [-0.05, 0) is 35.9 Å². The summed E-state index contributed by atoms with van der Waals surface area (Å²) in [5, 5.41) is 12.1. The first-order valence-electron chi connectivity index (χ1n) is 14.8. The number of H-pyrrole nitrogens is 1. The SMILES string of the molecule is COc1cc(N=Nc2ccc(C(Br)C(Br)c3nc4ccccc4c(=O)[nH]3)cc2)c(NC(C)=O)cc1N(CCOC(C)=O)CCOC(C)=O. The van der Waals surface area contributed by atoms with Crippen molar-refractivity contribution in [2.75, 3.05) is 43.6 Å². The maximum atomic E-state index is 12.6. The van der Waals surface area contributed by atoms with E-state index in [1.165, 1.54) is 27.9 Å². The summed E-state index contributed by atoms with van der Waals surface area (Å²) in [6, 6.07) is 17.8. The van der Waals surface area contributed by atoms with Gasteiger partial charge in [0.1, 0.15) is 30.5 Å². The number of halogens is 2. The fourth-order valence-corrected chi connectivity index (χ4v) is 5.75. The zero-order valence-corrected chi connectivity index (χ0v) is 29.8. The molecular formula is C33H34Br2N6O7. The van der Waals surface area contributed by atoms with Crippen molar-refractivity contribution in [3.05, 3.63) is 82.4 Å². The zero-order valence-electron chi connectivity index (χ0n) is 26.7. The molecule has 0 bridgehead atoms. The van der Waals surface area contributed by atoms with Crippen molar-refractivity contribution in [2.45, 2.75) is 30.4 Å². The van der Waals surface area contributed by atoms with Gasteiger partial charge in [0, 0.05) is 26.8 Å². The number of anilines is 2. The quantitative estimate of drug-likeness (QED) is 0.0794. The van der Waals surface area contributed by atoms with Crippen LogP contribution in [-0.4, -0.2) is 61.2 Å². The van der Waals surface area contributed by atoms with E-state index in [1.54, 1.807) is 42.5 Å². The third-order valence-corrected chi connectivity index (χ3v) is 9.64. The van der Waals surface area contributed by atoms with Gasteiger partial charge in [0.2, 0.25) is 5.91 Å². The molecule has 13 nitrogen and oxygen atoms in total. The molecule has 48 heavy (non-hydrogen) atoms. The molecule has 3 aromatic carbocycles. The van der Waals surface area contributed by atoms with Crippen LogP contribution in [0.25, 0.3) is 10.9 Å². The standard InChI is InChI=1S/C33H34Br2N6O7/c1-19(42)36-26-17-28(41(13-15-47-20(2)43)14-16-48-21(3)44)29(46-4)18-27(26)40-39-23-11-9-22(10-12-23)30(34)31(35)32-37-25-8-6-5-7-24(25)33(45)38-32/h5-12,17-18,30-31H,13-16H2,1-4H3,(H,36,42)(H,37,38,45). The zero-order chi connectivity index (χ0) is 34.8. The molecule has 2 unspecified atom stereocenters. The lowest BCUT2D eigenvalue weighted by Gasteiger charge is -2.27. The van der Waals surface area contributed by atoms with Crippen molar-refractivity contribution >= 4 is 83.4 Å². The number of nitrogens with one attached hydrogen (secondary N) is 2. The van der Waals surface area contributed by atoms with Crippen molar-refractivity contribution in [1.82, 2.24) is 9.97 Å². The van der Waals surface area contributed by atoms with Crippen molar-refractivity contribution in [3.8, 4) is 5.75 Å². The van der Waals surface area contributed by atoms with E-state index in [2.05, 4.69) is 57.4 Å². The van der Waals surface area contributed by atoms with Gasteiger partial charge in [-0.25, -0.2) is 4.98 Å². The first-order chi connectivity index (χ1) is 23.0. The number of para-hydroxylation sites is 1. The molecule has 0 fully saturated rings. The molecule has 1 aromatic heterocycles. The first-order valence-corrected chi connectivity index (χ1v) is 16.6. The van der Waals surface area contributed by atoms with Crippen LogP contribution in [-0.2, 0) is 23.9 Å². The van der Waals surface area contributed by atoms with Gasteiger partial charge >= 0.3 is 11.9 Å². The Labute approximate surface area is 293 Å². The van der Waals surface area contributed by atoms with Gasteiger partial charge in [-0.1, -0.05) is 56.1 Å². The number of rotatable bonds is 14. The number of amides is 1. The number of nitrogens with zero attached hydrogens (tertiary/aromatic N) is 4. The molecule has 4 rings (SSSR count). The molecule has 1 heterocycles. The topological polar surface area (TPSA) is 165 Å². The lowest BCUT2D eigenvalue weighted by atomic mass is 10.1. The Balaban J connectivity index is 1.58. The maximum Gasteiger partial charge on any atom is 0.302 e. The van der Waals surface area contributed by atoms with Gasteiger partial charge in [-0.3, -0.25) is 19.2 Å². The van der Waals surface area contributed by atoms with E-state index in [0.717, 1.165) is 5.56 Å². The Morgan fingerprint density at radius 1 is 0.917 bits per heavy atom. The number of aromatic amines is 1. The van der Waals surface area contributed by atoms with Crippen LogP contribution in [0.1, 0.15) is 41.8 Å². The Morgan fingerprint density at radius 3 is 2.17 bits per heavy atom. The molecule has 0 aliphatic carbocycles. The minimum absolute atomic E-state index is 0.0767. The summed E-state index contributed by atoms with van der Waals surface area (Å²) in [4.78, 5) is 56.2. The van der Waals surface area contributed by atoms with Crippen LogP contribution < -0.4 is 20.5 Å². The van der Waals surface area contributed by atoms with E-state index in [1.807, 2.05) is 23.1 Å². The summed E-state index contributed by atoms with van der Waals surface area (Å²) < 4.78 is 15.9. The van der Waals surface area contributed by atoms with Crippen molar-refractivity contribution in [3.63, 3.8) is 0 Å². The predicted molar refractivity (Wildman–Crippen MR) is 189 cm³/mol. The van der Waals surface area contributed by atoms with E-state index in [0.29, 0.717) is 45.2 Å². The third-order valence-electron chi connectivity index (χ3n) is 6.92. The number of azo groups is 1. The molecule has 4 aromatic rings. The number of methoxy groups -OCH3 is 1. The molecule has 2 N–H and O–H groups in total.